The number of methoxy groups -OCH3 is 1. The Balaban J connectivity index is 1.43. The molecule has 3 aromatic rings. The van der Waals surface area contributed by atoms with E-state index in [9.17, 15) is 18.0 Å². The van der Waals surface area contributed by atoms with Crippen molar-refractivity contribution in [3.8, 4) is 17.2 Å². The highest BCUT2D eigenvalue weighted by Crippen LogP contribution is 2.33. The Morgan fingerprint density at radius 2 is 1.69 bits per heavy atom. The summed E-state index contributed by atoms with van der Waals surface area (Å²) in [6.45, 7) is 0.153. The average molecular weight is 546 g/mol. The molecule has 0 spiro atoms. The van der Waals surface area contributed by atoms with Crippen LogP contribution in [0.2, 0.25) is 5.02 Å². The van der Waals surface area contributed by atoms with E-state index >= 15 is 0 Å². The number of para-hydroxylation sites is 2. The normalized spacial score (nSPS) is 14.8. The first-order chi connectivity index (χ1) is 17.3. The maximum Gasteiger partial charge on any atom is 0.339 e. The Labute approximate surface area is 217 Å². The SMILES string of the molecule is COc1ccccc1OCCN1C(=O)S/C(=C\c2cccc(OS(=O)(=O)c3ccc(Cl)cc3)c2)C1=O. The summed E-state index contributed by atoms with van der Waals surface area (Å²) in [6.07, 6.45) is 1.51. The van der Waals surface area contributed by atoms with Gasteiger partial charge in [0, 0.05) is 5.02 Å². The number of imide groups is 1. The van der Waals surface area contributed by atoms with Crippen molar-refractivity contribution in [2.45, 2.75) is 4.90 Å². The van der Waals surface area contributed by atoms with Crippen LogP contribution in [0.5, 0.6) is 17.2 Å². The van der Waals surface area contributed by atoms with E-state index in [1.54, 1.807) is 36.4 Å². The van der Waals surface area contributed by atoms with Gasteiger partial charge in [-0.2, -0.15) is 8.42 Å². The molecule has 1 heterocycles. The zero-order valence-electron chi connectivity index (χ0n) is 18.9. The summed E-state index contributed by atoms with van der Waals surface area (Å²) in [5, 5.41) is -0.0242. The molecule has 8 nitrogen and oxygen atoms in total. The Morgan fingerprint density at radius 3 is 2.42 bits per heavy atom. The molecule has 1 saturated heterocycles. The molecule has 186 valence electrons. The smallest absolute Gasteiger partial charge is 0.339 e. The number of carbonyl (C=O) groups is 2. The molecule has 0 unspecified atom stereocenters. The van der Waals surface area contributed by atoms with Gasteiger partial charge in [0.05, 0.1) is 18.6 Å². The lowest BCUT2D eigenvalue weighted by molar-refractivity contribution is -0.123. The Kier molecular flexibility index (Phi) is 7.88. The molecule has 3 aromatic carbocycles. The van der Waals surface area contributed by atoms with Gasteiger partial charge in [0.1, 0.15) is 17.3 Å². The number of thioether (sulfide) groups is 1. The van der Waals surface area contributed by atoms with Crippen LogP contribution in [0.3, 0.4) is 0 Å². The van der Waals surface area contributed by atoms with Gasteiger partial charge in [-0.1, -0.05) is 35.9 Å². The molecule has 4 rings (SSSR count). The Hall–Kier alpha value is -3.47. The van der Waals surface area contributed by atoms with Gasteiger partial charge in [-0.3, -0.25) is 14.5 Å². The minimum absolute atomic E-state index is 0.0474. The molecule has 2 amide bonds. The minimum Gasteiger partial charge on any atom is -0.493 e. The van der Waals surface area contributed by atoms with Crippen LogP contribution in [-0.2, 0) is 14.9 Å². The molecule has 1 aliphatic rings. The molecule has 1 fully saturated rings. The Bertz CT molecular complexity index is 1420. The third-order valence-electron chi connectivity index (χ3n) is 4.98. The number of rotatable bonds is 9. The number of amides is 2. The molecule has 0 radical (unpaired) electrons. The molecule has 0 saturated carbocycles. The van der Waals surface area contributed by atoms with Crippen LogP contribution in [0.4, 0.5) is 4.79 Å². The zero-order valence-corrected chi connectivity index (χ0v) is 21.3. The first-order valence-electron chi connectivity index (χ1n) is 10.6. The number of ether oxygens (including phenoxy) is 2. The van der Waals surface area contributed by atoms with Gasteiger partial charge in [0.15, 0.2) is 11.5 Å². The Morgan fingerprint density at radius 1 is 0.972 bits per heavy atom. The van der Waals surface area contributed by atoms with Crippen molar-refractivity contribution in [2.24, 2.45) is 0 Å². The molecule has 0 atom stereocenters. The number of hydrogen-bond donors (Lipinski definition) is 0. The predicted molar refractivity (Wildman–Crippen MR) is 137 cm³/mol. The van der Waals surface area contributed by atoms with Crippen molar-refractivity contribution in [1.29, 1.82) is 0 Å². The van der Waals surface area contributed by atoms with Gasteiger partial charge in [0.2, 0.25) is 0 Å². The van der Waals surface area contributed by atoms with Crippen molar-refractivity contribution in [3.05, 3.63) is 88.3 Å². The number of benzene rings is 3. The molecule has 11 heteroatoms. The molecule has 0 aliphatic carbocycles. The second kappa shape index (κ2) is 11.1. The standard InChI is InChI=1S/C25H20ClNO7S2/c1-32-21-7-2-3-8-22(21)33-14-13-27-24(28)23(35-25(27)29)16-17-5-4-6-19(15-17)34-36(30,31)20-11-9-18(26)10-12-20/h2-12,15-16H,13-14H2,1H3/b23-16-. The largest absolute Gasteiger partial charge is 0.493 e. The van der Waals surface area contributed by atoms with Crippen LogP contribution in [0.15, 0.2) is 82.6 Å². The van der Waals surface area contributed by atoms with E-state index in [0.29, 0.717) is 22.1 Å². The van der Waals surface area contributed by atoms with Gasteiger partial charge < -0.3 is 13.7 Å². The lowest BCUT2D eigenvalue weighted by Crippen LogP contribution is -2.32. The maximum atomic E-state index is 12.8. The van der Waals surface area contributed by atoms with Crippen LogP contribution in [0, 0.1) is 0 Å². The van der Waals surface area contributed by atoms with E-state index in [1.807, 2.05) is 0 Å². The van der Waals surface area contributed by atoms with E-state index in [-0.39, 0.29) is 28.7 Å². The third-order valence-corrected chi connectivity index (χ3v) is 7.40. The summed E-state index contributed by atoms with van der Waals surface area (Å²) in [7, 11) is -2.55. The monoisotopic (exact) mass is 545 g/mol. The lowest BCUT2D eigenvalue weighted by Gasteiger charge is -2.14. The molecular weight excluding hydrogens is 526 g/mol. The van der Waals surface area contributed by atoms with E-state index in [4.69, 9.17) is 25.3 Å². The fourth-order valence-corrected chi connectivity index (χ4v) is 5.17. The van der Waals surface area contributed by atoms with Crippen molar-refractivity contribution in [3.63, 3.8) is 0 Å². The quantitative estimate of drug-likeness (QED) is 0.266. The van der Waals surface area contributed by atoms with E-state index in [0.717, 1.165) is 16.7 Å². The number of halogens is 1. The lowest BCUT2D eigenvalue weighted by atomic mass is 10.2. The van der Waals surface area contributed by atoms with Crippen molar-refractivity contribution >= 4 is 50.7 Å². The molecule has 0 aromatic heterocycles. The number of carbonyl (C=O) groups excluding carboxylic acids is 2. The second-order valence-corrected chi connectivity index (χ2v) is 10.4. The first kappa shape index (κ1) is 25.6. The predicted octanol–water partition coefficient (Wildman–Crippen LogP) is 5.23. The van der Waals surface area contributed by atoms with Crippen molar-refractivity contribution in [2.75, 3.05) is 20.3 Å². The van der Waals surface area contributed by atoms with Crippen LogP contribution in [0.1, 0.15) is 5.56 Å². The number of nitrogens with zero attached hydrogens (tertiary/aromatic N) is 1. The summed E-state index contributed by atoms with van der Waals surface area (Å²) in [5.74, 6) is 0.650. The highest BCUT2D eigenvalue weighted by Gasteiger charge is 2.34. The van der Waals surface area contributed by atoms with Gasteiger partial charge in [-0.05, 0) is 71.9 Å². The van der Waals surface area contributed by atoms with Crippen molar-refractivity contribution in [1.82, 2.24) is 4.90 Å². The molecular formula is C25H20ClNO7S2. The van der Waals surface area contributed by atoms with Crippen LogP contribution >= 0.6 is 23.4 Å². The molecule has 1 aliphatic heterocycles. The highest BCUT2D eigenvalue weighted by atomic mass is 35.5. The minimum atomic E-state index is -4.08. The second-order valence-electron chi connectivity index (χ2n) is 7.40. The third kappa shape index (κ3) is 6.01. The average Bonchev–Trinajstić information content (AvgIpc) is 3.12. The summed E-state index contributed by atoms with van der Waals surface area (Å²) >= 11 is 6.61. The highest BCUT2D eigenvalue weighted by molar-refractivity contribution is 8.18. The zero-order chi connectivity index (χ0) is 25.7. The maximum absolute atomic E-state index is 12.8. The van der Waals surface area contributed by atoms with Gasteiger partial charge in [-0.15, -0.1) is 0 Å². The van der Waals surface area contributed by atoms with Gasteiger partial charge >= 0.3 is 10.1 Å². The summed E-state index contributed by atoms with van der Waals surface area (Å²) in [4.78, 5) is 26.5. The fraction of sp³-hybridized carbons (Fsp3) is 0.120. The van der Waals surface area contributed by atoms with Crippen LogP contribution in [-0.4, -0.2) is 44.7 Å². The summed E-state index contributed by atoms with van der Waals surface area (Å²) in [6, 6.07) is 18.9. The summed E-state index contributed by atoms with van der Waals surface area (Å²) in [5.41, 5.74) is 0.495. The molecule has 36 heavy (non-hydrogen) atoms. The molecule has 0 bridgehead atoms. The first-order valence-corrected chi connectivity index (χ1v) is 13.2. The summed E-state index contributed by atoms with van der Waals surface area (Å²) < 4.78 is 41.2. The van der Waals surface area contributed by atoms with E-state index in [2.05, 4.69) is 0 Å². The topological polar surface area (TPSA) is 99.2 Å². The van der Waals surface area contributed by atoms with E-state index in [1.165, 1.54) is 49.6 Å². The van der Waals surface area contributed by atoms with Crippen molar-refractivity contribution < 1.29 is 31.7 Å². The van der Waals surface area contributed by atoms with Gasteiger partial charge in [-0.25, -0.2) is 0 Å². The molecule has 0 N–H and O–H groups in total. The van der Waals surface area contributed by atoms with Gasteiger partial charge in [0.25, 0.3) is 11.1 Å². The van der Waals surface area contributed by atoms with Crippen LogP contribution in [0.25, 0.3) is 6.08 Å². The van der Waals surface area contributed by atoms with E-state index < -0.39 is 21.3 Å². The number of hydrogen-bond acceptors (Lipinski definition) is 8. The van der Waals surface area contributed by atoms with Crippen LogP contribution < -0.4 is 13.7 Å². The fourth-order valence-electron chi connectivity index (χ4n) is 3.26.